The maximum atomic E-state index is 12.4. The van der Waals surface area contributed by atoms with Crippen molar-refractivity contribution in [3.63, 3.8) is 0 Å². The molecule has 0 saturated carbocycles. The van der Waals surface area contributed by atoms with E-state index >= 15 is 0 Å². The molecule has 1 N–H and O–H groups in total. The molecule has 0 fully saturated rings. The van der Waals surface area contributed by atoms with Crippen LogP contribution in [0, 0.1) is 0 Å². The summed E-state index contributed by atoms with van der Waals surface area (Å²) < 4.78 is 11.3. The van der Waals surface area contributed by atoms with Gasteiger partial charge < -0.3 is 14.4 Å². The topological polar surface area (TPSA) is 40.0 Å². The van der Waals surface area contributed by atoms with E-state index in [1.54, 1.807) is 0 Å². The van der Waals surface area contributed by atoms with E-state index in [0.29, 0.717) is 6.61 Å². The number of carbonyl (C=O) groups excluding carboxylic acids is 1. The molecule has 0 radical (unpaired) electrons. The summed E-state index contributed by atoms with van der Waals surface area (Å²) in [5.74, 6) is -0.255. The Bertz CT molecular complexity index is 485. The highest BCUT2D eigenvalue weighted by molar-refractivity contribution is 5.77. The normalized spacial score (nSPS) is 18.8. The van der Waals surface area contributed by atoms with Crippen LogP contribution in [0.25, 0.3) is 0 Å². The molecule has 0 spiro atoms. The predicted octanol–water partition coefficient (Wildman–Crippen LogP) is 1.55. The lowest BCUT2D eigenvalue weighted by Crippen LogP contribution is -3.11. The van der Waals surface area contributed by atoms with E-state index < -0.39 is 6.10 Å². The summed E-state index contributed by atoms with van der Waals surface area (Å²) in [6, 6.07) is 7.97. The number of hydrogen-bond donors (Lipinski definition) is 1. The van der Waals surface area contributed by atoms with Gasteiger partial charge in [0.15, 0.2) is 6.10 Å². The fourth-order valence-corrected chi connectivity index (χ4v) is 2.92. The minimum atomic E-state index is -0.562. The SMILES string of the molecule is CC[NH+](CC)CC[C@H](C)OC(=O)[C@H]1OCCc2ccccc21. The first-order chi connectivity index (χ1) is 10.7. The summed E-state index contributed by atoms with van der Waals surface area (Å²) in [6.07, 6.45) is 1.12. The summed E-state index contributed by atoms with van der Waals surface area (Å²) in [6.45, 7) is 10.2. The Balaban J connectivity index is 1.90. The Hall–Kier alpha value is -1.39. The van der Waals surface area contributed by atoms with Gasteiger partial charge in [-0.05, 0) is 38.3 Å². The van der Waals surface area contributed by atoms with Crippen LogP contribution in [-0.4, -0.2) is 38.3 Å². The molecule has 1 heterocycles. The molecule has 2 atom stereocenters. The second-order valence-electron chi connectivity index (χ2n) is 5.94. The molecule has 2 rings (SSSR count). The molecule has 122 valence electrons. The van der Waals surface area contributed by atoms with Crippen LogP contribution in [-0.2, 0) is 20.7 Å². The molecule has 0 unspecified atom stereocenters. The van der Waals surface area contributed by atoms with E-state index in [1.165, 1.54) is 10.5 Å². The van der Waals surface area contributed by atoms with Crippen LogP contribution in [0.3, 0.4) is 0 Å². The number of rotatable bonds is 7. The van der Waals surface area contributed by atoms with Gasteiger partial charge in [0.05, 0.1) is 26.2 Å². The van der Waals surface area contributed by atoms with E-state index in [2.05, 4.69) is 19.9 Å². The van der Waals surface area contributed by atoms with E-state index in [0.717, 1.165) is 38.0 Å². The van der Waals surface area contributed by atoms with Crippen molar-refractivity contribution >= 4 is 5.97 Å². The molecular formula is C18H28NO3+. The smallest absolute Gasteiger partial charge is 0.340 e. The zero-order valence-corrected chi connectivity index (χ0v) is 13.9. The van der Waals surface area contributed by atoms with Crippen molar-refractivity contribution < 1.29 is 19.2 Å². The van der Waals surface area contributed by atoms with Gasteiger partial charge in [0, 0.05) is 6.42 Å². The predicted molar refractivity (Wildman–Crippen MR) is 85.9 cm³/mol. The molecular weight excluding hydrogens is 278 g/mol. The maximum absolute atomic E-state index is 12.4. The molecule has 0 saturated heterocycles. The van der Waals surface area contributed by atoms with Crippen molar-refractivity contribution in [3.05, 3.63) is 35.4 Å². The first kappa shape index (κ1) is 17.0. The number of quaternary nitrogens is 1. The van der Waals surface area contributed by atoms with Crippen molar-refractivity contribution in [1.82, 2.24) is 0 Å². The van der Waals surface area contributed by atoms with Crippen LogP contribution in [0.2, 0.25) is 0 Å². The lowest BCUT2D eigenvalue weighted by molar-refractivity contribution is -0.896. The minimum Gasteiger partial charge on any atom is -0.460 e. The monoisotopic (exact) mass is 306 g/mol. The van der Waals surface area contributed by atoms with Crippen molar-refractivity contribution in [2.75, 3.05) is 26.2 Å². The van der Waals surface area contributed by atoms with E-state index in [4.69, 9.17) is 9.47 Å². The Labute approximate surface area is 133 Å². The zero-order valence-electron chi connectivity index (χ0n) is 13.9. The Morgan fingerprint density at radius 3 is 2.82 bits per heavy atom. The Morgan fingerprint density at radius 1 is 1.36 bits per heavy atom. The van der Waals surface area contributed by atoms with Gasteiger partial charge in [-0.1, -0.05) is 24.3 Å². The molecule has 1 aromatic rings. The first-order valence-corrected chi connectivity index (χ1v) is 8.39. The third kappa shape index (κ3) is 4.31. The number of esters is 1. The molecule has 0 bridgehead atoms. The average molecular weight is 306 g/mol. The molecule has 22 heavy (non-hydrogen) atoms. The quantitative estimate of drug-likeness (QED) is 0.777. The van der Waals surface area contributed by atoms with Gasteiger partial charge in [0.2, 0.25) is 0 Å². The van der Waals surface area contributed by atoms with Gasteiger partial charge >= 0.3 is 5.97 Å². The largest absolute Gasteiger partial charge is 0.460 e. The molecule has 1 aliphatic heterocycles. The van der Waals surface area contributed by atoms with Crippen LogP contribution in [0.4, 0.5) is 0 Å². The van der Waals surface area contributed by atoms with Gasteiger partial charge in [-0.3, -0.25) is 0 Å². The van der Waals surface area contributed by atoms with E-state index in [9.17, 15) is 4.79 Å². The van der Waals surface area contributed by atoms with Gasteiger partial charge in [0.25, 0.3) is 0 Å². The number of nitrogens with one attached hydrogen (secondary N) is 1. The minimum absolute atomic E-state index is 0.0710. The fourth-order valence-electron chi connectivity index (χ4n) is 2.92. The molecule has 0 amide bonds. The third-order valence-corrected chi connectivity index (χ3v) is 4.43. The summed E-state index contributed by atoms with van der Waals surface area (Å²) in [5.41, 5.74) is 2.15. The first-order valence-electron chi connectivity index (χ1n) is 8.39. The highest BCUT2D eigenvalue weighted by Crippen LogP contribution is 2.28. The molecule has 4 heteroatoms. The van der Waals surface area contributed by atoms with E-state index in [1.807, 2.05) is 25.1 Å². The van der Waals surface area contributed by atoms with Gasteiger partial charge in [-0.2, -0.15) is 0 Å². The lowest BCUT2D eigenvalue weighted by atomic mass is 9.98. The van der Waals surface area contributed by atoms with Gasteiger partial charge in [0.1, 0.15) is 6.10 Å². The Morgan fingerprint density at radius 2 is 2.09 bits per heavy atom. The van der Waals surface area contributed by atoms with Gasteiger partial charge in [-0.25, -0.2) is 4.79 Å². The number of ether oxygens (including phenoxy) is 2. The second-order valence-corrected chi connectivity index (χ2v) is 5.94. The number of hydrogen-bond acceptors (Lipinski definition) is 3. The van der Waals surface area contributed by atoms with Crippen LogP contribution >= 0.6 is 0 Å². The fraction of sp³-hybridized carbons (Fsp3) is 0.611. The van der Waals surface area contributed by atoms with Crippen molar-refractivity contribution in [1.29, 1.82) is 0 Å². The second kappa shape index (κ2) is 8.30. The van der Waals surface area contributed by atoms with Crippen molar-refractivity contribution in [2.24, 2.45) is 0 Å². The lowest BCUT2D eigenvalue weighted by Gasteiger charge is -2.26. The molecule has 1 aliphatic rings. The maximum Gasteiger partial charge on any atom is 0.340 e. The molecule has 0 aromatic heterocycles. The third-order valence-electron chi connectivity index (χ3n) is 4.43. The molecule has 0 aliphatic carbocycles. The summed E-state index contributed by atoms with van der Waals surface area (Å²) >= 11 is 0. The highest BCUT2D eigenvalue weighted by atomic mass is 16.6. The van der Waals surface area contributed by atoms with Gasteiger partial charge in [-0.15, -0.1) is 0 Å². The molecule has 1 aromatic carbocycles. The van der Waals surface area contributed by atoms with E-state index in [-0.39, 0.29) is 12.1 Å². The summed E-state index contributed by atoms with van der Waals surface area (Å²) in [4.78, 5) is 13.9. The van der Waals surface area contributed by atoms with Crippen LogP contribution < -0.4 is 4.90 Å². The van der Waals surface area contributed by atoms with Crippen molar-refractivity contribution in [3.8, 4) is 0 Å². The Kier molecular flexibility index (Phi) is 6.40. The van der Waals surface area contributed by atoms with Crippen LogP contribution in [0.15, 0.2) is 24.3 Å². The standard InChI is InChI=1S/C18H27NO3/c1-4-19(5-2)12-10-14(3)22-18(20)17-16-9-7-6-8-15(16)11-13-21-17/h6-9,14,17H,4-5,10-13H2,1-3H3/p+1/t14-,17-/m0/s1. The van der Waals surface area contributed by atoms with Crippen LogP contribution in [0.1, 0.15) is 44.4 Å². The van der Waals surface area contributed by atoms with Crippen molar-refractivity contribution in [2.45, 2.75) is 45.8 Å². The zero-order chi connectivity index (χ0) is 15.9. The molecule has 4 nitrogen and oxygen atoms in total. The number of carbonyl (C=O) groups is 1. The number of fused-ring (bicyclic) bond motifs is 1. The summed E-state index contributed by atoms with van der Waals surface area (Å²) in [7, 11) is 0. The van der Waals surface area contributed by atoms with Crippen LogP contribution in [0.5, 0.6) is 0 Å². The highest BCUT2D eigenvalue weighted by Gasteiger charge is 2.29. The average Bonchev–Trinajstić information content (AvgIpc) is 2.55. The number of benzene rings is 1. The summed E-state index contributed by atoms with van der Waals surface area (Å²) in [5, 5.41) is 0.